The van der Waals surface area contributed by atoms with E-state index < -0.39 is 0 Å². The minimum absolute atomic E-state index is 0.384. The largest absolute Gasteiger partial charge is 0.483 e. The summed E-state index contributed by atoms with van der Waals surface area (Å²) >= 11 is 5.98. The van der Waals surface area contributed by atoms with Crippen LogP contribution in [0.3, 0.4) is 0 Å². The minimum atomic E-state index is 0.384. The van der Waals surface area contributed by atoms with E-state index in [9.17, 15) is 0 Å². The zero-order valence-electron chi connectivity index (χ0n) is 16.4. The fourth-order valence-corrected chi connectivity index (χ4v) is 3.09. The highest BCUT2D eigenvalue weighted by Crippen LogP contribution is 2.27. The molecule has 4 nitrogen and oxygen atoms in total. The molecule has 0 saturated carbocycles. The summed E-state index contributed by atoms with van der Waals surface area (Å²) in [6.07, 6.45) is 0.630. The Morgan fingerprint density at radius 3 is 1.87 bits per heavy atom. The molecule has 1 aromatic heterocycles. The first kappa shape index (κ1) is 19.9. The van der Waals surface area contributed by atoms with Gasteiger partial charge in [0.15, 0.2) is 5.75 Å². The molecule has 0 spiro atoms. The monoisotopic (exact) mass is 416 g/mol. The van der Waals surface area contributed by atoms with Gasteiger partial charge in [-0.15, -0.1) is 5.10 Å². The van der Waals surface area contributed by atoms with Gasteiger partial charge in [0.05, 0.1) is 5.69 Å². The molecule has 0 bridgehead atoms. The van der Waals surface area contributed by atoms with Crippen LogP contribution in [0.5, 0.6) is 11.6 Å². The summed E-state index contributed by atoms with van der Waals surface area (Å²) in [5.74, 6) is 0.961. The van der Waals surface area contributed by atoms with Gasteiger partial charge in [-0.25, -0.2) is 0 Å². The van der Waals surface area contributed by atoms with Crippen molar-refractivity contribution in [3.8, 4) is 11.6 Å². The standard InChI is InChI=1S/C25H21ClN2O2/c26-22-13-11-19(12-14-22)15-23-16-24(29-17-20-7-3-1-4-8-20)25(28-27-23)30-18-21-9-5-2-6-10-21/h1-14,16H,15,17-18H2. The third-order valence-corrected chi connectivity index (χ3v) is 4.78. The zero-order valence-corrected chi connectivity index (χ0v) is 17.1. The Bertz CT molecular complexity index is 1070. The molecule has 4 rings (SSSR count). The number of aromatic nitrogens is 2. The molecule has 0 fully saturated rings. The van der Waals surface area contributed by atoms with Crippen LogP contribution in [-0.2, 0) is 19.6 Å². The van der Waals surface area contributed by atoms with Gasteiger partial charge in [-0.3, -0.25) is 0 Å². The summed E-state index contributed by atoms with van der Waals surface area (Å²) in [5.41, 5.74) is 4.02. The van der Waals surface area contributed by atoms with Crippen LogP contribution >= 0.6 is 11.6 Å². The third kappa shape index (κ3) is 5.58. The van der Waals surface area contributed by atoms with Crippen molar-refractivity contribution in [3.63, 3.8) is 0 Å². The van der Waals surface area contributed by atoms with Crippen LogP contribution < -0.4 is 9.47 Å². The van der Waals surface area contributed by atoms with Crippen molar-refractivity contribution in [2.24, 2.45) is 0 Å². The summed E-state index contributed by atoms with van der Waals surface area (Å²) in [4.78, 5) is 0. The fourth-order valence-electron chi connectivity index (χ4n) is 2.96. The molecule has 30 heavy (non-hydrogen) atoms. The Labute approximate surface area is 181 Å². The van der Waals surface area contributed by atoms with Crippen molar-refractivity contribution in [1.82, 2.24) is 10.2 Å². The maximum absolute atomic E-state index is 6.06. The Balaban J connectivity index is 1.53. The zero-order chi connectivity index (χ0) is 20.6. The molecular weight excluding hydrogens is 396 g/mol. The Hall–Kier alpha value is -3.37. The Kier molecular flexibility index (Phi) is 6.58. The van der Waals surface area contributed by atoms with Gasteiger partial charge in [0, 0.05) is 17.5 Å². The van der Waals surface area contributed by atoms with E-state index in [1.54, 1.807) is 0 Å². The SMILES string of the molecule is Clc1ccc(Cc2cc(OCc3ccccc3)c(OCc3ccccc3)nn2)cc1. The molecule has 0 atom stereocenters. The number of hydrogen-bond acceptors (Lipinski definition) is 4. The molecule has 0 aliphatic rings. The highest BCUT2D eigenvalue weighted by molar-refractivity contribution is 6.30. The number of ether oxygens (including phenoxy) is 2. The van der Waals surface area contributed by atoms with Gasteiger partial charge in [-0.05, 0) is 28.8 Å². The first-order valence-electron chi connectivity index (χ1n) is 9.71. The van der Waals surface area contributed by atoms with Crippen LogP contribution in [0.15, 0.2) is 91.0 Å². The minimum Gasteiger partial charge on any atom is -0.483 e. The number of benzene rings is 3. The lowest BCUT2D eigenvalue weighted by atomic mass is 10.1. The van der Waals surface area contributed by atoms with Crippen molar-refractivity contribution in [1.29, 1.82) is 0 Å². The summed E-state index contributed by atoms with van der Waals surface area (Å²) in [6, 6.07) is 29.5. The van der Waals surface area contributed by atoms with Crippen LogP contribution in [-0.4, -0.2) is 10.2 Å². The summed E-state index contributed by atoms with van der Waals surface area (Å²) < 4.78 is 12.0. The van der Waals surface area contributed by atoms with E-state index in [1.165, 1.54) is 0 Å². The molecule has 5 heteroatoms. The highest BCUT2D eigenvalue weighted by atomic mass is 35.5. The van der Waals surface area contributed by atoms with E-state index in [4.69, 9.17) is 21.1 Å². The lowest BCUT2D eigenvalue weighted by Crippen LogP contribution is -2.05. The van der Waals surface area contributed by atoms with Crippen molar-refractivity contribution < 1.29 is 9.47 Å². The van der Waals surface area contributed by atoms with Gasteiger partial charge < -0.3 is 9.47 Å². The number of hydrogen-bond donors (Lipinski definition) is 0. The van der Waals surface area contributed by atoms with Crippen LogP contribution in [0.25, 0.3) is 0 Å². The molecule has 0 radical (unpaired) electrons. The molecule has 0 unspecified atom stereocenters. The van der Waals surface area contributed by atoms with Crippen molar-refractivity contribution in [3.05, 3.63) is 118 Å². The van der Waals surface area contributed by atoms with Gasteiger partial charge in [0.1, 0.15) is 13.2 Å². The topological polar surface area (TPSA) is 44.2 Å². The van der Waals surface area contributed by atoms with Crippen molar-refractivity contribution in [2.45, 2.75) is 19.6 Å². The number of halogens is 1. The lowest BCUT2D eigenvalue weighted by molar-refractivity contribution is 0.243. The van der Waals surface area contributed by atoms with Gasteiger partial charge in [0.25, 0.3) is 5.88 Å². The van der Waals surface area contributed by atoms with E-state index in [0.29, 0.717) is 36.3 Å². The van der Waals surface area contributed by atoms with Gasteiger partial charge in [-0.1, -0.05) is 84.4 Å². The second-order valence-electron chi connectivity index (χ2n) is 6.86. The van der Waals surface area contributed by atoms with Gasteiger partial charge in [0.2, 0.25) is 0 Å². The van der Waals surface area contributed by atoms with E-state index in [-0.39, 0.29) is 0 Å². The van der Waals surface area contributed by atoms with Crippen LogP contribution in [0.2, 0.25) is 5.02 Å². The van der Waals surface area contributed by atoms with Gasteiger partial charge in [-0.2, -0.15) is 5.10 Å². The molecule has 0 N–H and O–H groups in total. The molecule has 1 heterocycles. The Morgan fingerprint density at radius 2 is 1.23 bits per heavy atom. The number of rotatable bonds is 8. The molecule has 3 aromatic carbocycles. The van der Waals surface area contributed by atoms with Crippen LogP contribution in [0, 0.1) is 0 Å². The van der Waals surface area contributed by atoms with Gasteiger partial charge >= 0.3 is 0 Å². The van der Waals surface area contributed by atoms with Crippen LogP contribution in [0.1, 0.15) is 22.4 Å². The van der Waals surface area contributed by atoms with E-state index in [0.717, 1.165) is 22.4 Å². The third-order valence-electron chi connectivity index (χ3n) is 4.53. The molecule has 0 aliphatic heterocycles. The van der Waals surface area contributed by atoms with E-state index in [1.807, 2.05) is 91.0 Å². The molecule has 0 saturated heterocycles. The van der Waals surface area contributed by atoms with Crippen molar-refractivity contribution in [2.75, 3.05) is 0 Å². The first-order valence-corrected chi connectivity index (χ1v) is 10.1. The molecule has 150 valence electrons. The average Bonchev–Trinajstić information content (AvgIpc) is 2.80. The quantitative estimate of drug-likeness (QED) is 0.360. The van der Waals surface area contributed by atoms with Crippen LogP contribution in [0.4, 0.5) is 0 Å². The predicted octanol–water partition coefficient (Wildman–Crippen LogP) is 5.88. The summed E-state index contributed by atoms with van der Waals surface area (Å²) in [5, 5.41) is 9.34. The maximum Gasteiger partial charge on any atom is 0.276 e. The second kappa shape index (κ2) is 9.90. The second-order valence-corrected chi connectivity index (χ2v) is 7.29. The maximum atomic E-state index is 6.06. The molecule has 4 aromatic rings. The first-order chi connectivity index (χ1) is 14.8. The lowest BCUT2D eigenvalue weighted by Gasteiger charge is -2.13. The Morgan fingerprint density at radius 1 is 0.633 bits per heavy atom. The predicted molar refractivity (Wildman–Crippen MR) is 118 cm³/mol. The van der Waals surface area contributed by atoms with Crippen molar-refractivity contribution >= 4 is 11.6 Å². The fraction of sp³-hybridized carbons (Fsp3) is 0.120. The van der Waals surface area contributed by atoms with E-state index in [2.05, 4.69) is 10.2 Å². The highest BCUT2D eigenvalue weighted by Gasteiger charge is 2.12. The molecule has 0 amide bonds. The smallest absolute Gasteiger partial charge is 0.276 e. The summed E-state index contributed by atoms with van der Waals surface area (Å²) in [6.45, 7) is 0.822. The normalized spacial score (nSPS) is 10.6. The van der Waals surface area contributed by atoms with E-state index >= 15 is 0 Å². The molecular formula is C25H21ClN2O2. The molecule has 0 aliphatic carbocycles. The average molecular weight is 417 g/mol. The number of nitrogens with zero attached hydrogens (tertiary/aromatic N) is 2. The summed E-state index contributed by atoms with van der Waals surface area (Å²) in [7, 11) is 0.